The molecule has 6 rings (SSSR count). The molecular formula is C34H32N4O3S2. The third-order valence-electron chi connectivity index (χ3n) is 7.95. The monoisotopic (exact) mass is 608 g/mol. The third kappa shape index (κ3) is 5.34. The van der Waals surface area contributed by atoms with E-state index in [4.69, 9.17) is 12.2 Å². The summed E-state index contributed by atoms with van der Waals surface area (Å²) in [5.41, 5.74) is 7.62. The molecule has 0 atom stereocenters. The zero-order valence-electron chi connectivity index (χ0n) is 24.5. The minimum atomic E-state index is -0.532. The first-order valence-corrected chi connectivity index (χ1v) is 15.5. The zero-order chi connectivity index (χ0) is 30.4. The number of carbonyl (C=O) groups is 3. The maximum Gasteiger partial charge on any atom is 0.270 e. The Balaban J connectivity index is 1.42. The molecule has 1 aliphatic heterocycles. The number of nitrogens with one attached hydrogen (secondary N) is 2. The fourth-order valence-electron chi connectivity index (χ4n) is 6.03. The number of aromatic nitrogens is 1. The van der Waals surface area contributed by atoms with Crippen molar-refractivity contribution < 1.29 is 14.4 Å². The number of fused-ring (bicyclic) bond motifs is 1. The van der Waals surface area contributed by atoms with Gasteiger partial charge in [0.05, 0.1) is 11.3 Å². The van der Waals surface area contributed by atoms with Gasteiger partial charge >= 0.3 is 0 Å². The fraction of sp³-hybridized carbons (Fsp3) is 0.235. The Morgan fingerprint density at radius 1 is 0.977 bits per heavy atom. The maximum atomic E-state index is 13.8. The fourth-order valence-corrected chi connectivity index (χ4v) is 7.81. The summed E-state index contributed by atoms with van der Waals surface area (Å²) in [5.74, 6) is -1.14. The van der Waals surface area contributed by atoms with Crippen LogP contribution in [0.1, 0.15) is 61.7 Å². The van der Waals surface area contributed by atoms with Gasteiger partial charge in [0, 0.05) is 22.0 Å². The van der Waals surface area contributed by atoms with Crippen LogP contribution in [-0.4, -0.2) is 27.4 Å². The second kappa shape index (κ2) is 11.4. The molecule has 3 heterocycles. The van der Waals surface area contributed by atoms with Crippen molar-refractivity contribution in [3.8, 4) is 5.00 Å². The number of nitrogens with zero attached hydrogens (tertiary/aromatic N) is 2. The number of rotatable bonds is 5. The number of thiocarbonyl (C=S) groups is 1. The van der Waals surface area contributed by atoms with E-state index in [1.165, 1.54) is 9.78 Å². The van der Waals surface area contributed by atoms with Gasteiger partial charge in [-0.2, -0.15) is 0 Å². The summed E-state index contributed by atoms with van der Waals surface area (Å²) in [7, 11) is 0. The summed E-state index contributed by atoms with van der Waals surface area (Å²) >= 11 is 7.07. The summed E-state index contributed by atoms with van der Waals surface area (Å²) in [5, 5.41) is 6.69. The largest absolute Gasteiger partial charge is 0.322 e. The smallest absolute Gasteiger partial charge is 0.270 e. The van der Waals surface area contributed by atoms with Crippen LogP contribution < -0.4 is 15.5 Å². The summed E-state index contributed by atoms with van der Waals surface area (Å²) < 4.78 is 2.08. The highest BCUT2D eigenvalue weighted by Crippen LogP contribution is 2.39. The molecule has 43 heavy (non-hydrogen) atoms. The number of aryl methyl sites for hydroxylation is 4. The van der Waals surface area contributed by atoms with E-state index < -0.39 is 11.8 Å². The standard InChI is InChI=1S/C34H32N4O3S2/c1-19-14-20(2)16-25(15-19)38-32(41)27(30(39)36-34(38)42)18-23-17-21(3)37(22(23)4)33-29(26-12-8-9-13-28(26)43-33)31(40)35-24-10-6-5-7-11-24/h5-7,10-11,14-18H,8-9,12-13H2,1-4H3,(H,35,40)(H,36,39,42)/b27-18+. The van der Waals surface area contributed by atoms with Gasteiger partial charge in [0.1, 0.15) is 10.6 Å². The molecule has 1 fully saturated rings. The molecule has 218 valence electrons. The Kier molecular flexibility index (Phi) is 7.62. The van der Waals surface area contributed by atoms with Crippen molar-refractivity contribution in [2.75, 3.05) is 10.2 Å². The lowest BCUT2D eigenvalue weighted by Gasteiger charge is -2.29. The van der Waals surface area contributed by atoms with Crippen LogP contribution in [0.4, 0.5) is 11.4 Å². The molecule has 0 saturated carbocycles. The first-order chi connectivity index (χ1) is 20.6. The van der Waals surface area contributed by atoms with Crippen molar-refractivity contribution in [3.63, 3.8) is 0 Å². The van der Waals surface area contributed by atoms with E-state index in [9.17, 15) is 14.4 Å². The number of para-hydroxylation sites is 1. The van der Waals surface area contributed by atoms with Gasteiger partial charge < -0.3 is 9.88 Å². The number of anilines is 2. The lowest BCUT2D eigenvalue weighted by atomic mass is 9.95. The Morgan fingerprint density at radius 3 is 2.40 bits per heavy atom. The normalized spacial score (nSPS) is 16.0. The highest BCUT2D eigenvalue weighted by atomic mass is 32.1. The third-order valence-corrected chi connectivity index (χ3v) is 9.51. The van der Waals surface area contributed by atoms with Crippen molar-refractivity contribution in [2.45, 2.75) is 53.4 Å². The topological polar surface area (TPSA) is 83.4 Å². The summed E-state index contributed by atoms with van der Waals surface area (Å²) in [6, 6.07) is 17.2. The highest BCUT2D eigenvalue weighted by Gasteiger charge is 2.35. The number of hydrogen-bond donors (Lipinski definition) is 2. The second-order valence-corrected chi connectivity index (χ2v) is 12.6. The maximum absolute atomic E-state index is 13.8. The second-order valence-electron chi connectivity index (χ2n) is 11.2. The van der Waals surface area contributed by atoms with Crippen molar-refractivity contribution in [1.82, 2.24) is 9.88 Å². The Labute approximate surface area is 260 Å². The highest BCUT2D eigenvalue weighted by molar-refractivity contribution is 7.80. The van der Waals surface area contributed by atoms with Crippen molar-refractivity contribution in [2.24, 2.45) is 0 Å². The van der Waals surface area contributed by atoms with Gasteiger partial charge in [-0.3, -0.25) is 24.6 Å². The van der Waals surface area contributed by atoms with Gasteiger partial charge in [0.25, 0.3) is 17.7 Å². The predicted molar refractivity (Wildman–Crippen MR) is 176 cm³/mol. The SMILES string of the molecule is Cc1cc(C)cc(N2C(=O)/C(=C/c3cc(C)n(-c4sc5c(c4C(=O)Nc4ccccc4)CCCC5)c3C)C(=O)NC2=S)c1. The van der Waals surface area contributed by atoms with Gasteiger partial charge in [0.15, 0.2) is 5.11 Å². The predicted octanol–water partition coefficient (Wildman–Crippen LogP) is 6.73. The van der Waals surface area contributed by atoms with Crippen LogP contribution >= 0.6 is 23.6 Å². The number of amides is 3. The molecule has 3 amide bonds. The molecule has 1 aliphatic carbocycles. The number of hydrogen-bond acceptors (Lipinski definition) is 5. The molecule has 2 aromatic heterocycles. The van der Waals surface area contributed by atoms with Crippen molar-refractivity contribution >= 4 is 63.8 Å². The van der Waals surface area contributed by atoms with Crippen LogP contribution in [-0.2, 0) is 22.4 Å². The molecule has 2 aliphatic rings. The van der Waals surface area contributed by atoms with E-state index in [-0.39, 0.29) is 16.6 Å². The van der Waals surface area contributed by atoms with Gasteiger partial charge in [-0.1, -0.05) is 24.3 Å². The molecule has 9 heteroatoms. The van der Waals surface area contributed by atoms with E-state index in [2.05, 4.69) is 15.2 Å². The van der Waals surface area contributed by atoms with Gasteiger partial charge in [0.2, 0.25) is 0 Å². The van der Waals surface area contributed by atoms with Gasteiger partial charge in [-0.15, -0.1) is 11.3 Å². The molecule has 0 unspecified atom stereocenters. The Bertz CT molecular complexity index is 1830. The quantitative estimate of drug-likeness (QED) is 0.149. The van der Waals surface area contributed by atoms with Crippen LogP contribution in [0.5, 0.6) is 0 Å². The molecule has 0 spiro atoms. The molecule has 7 nitrogen and oxygen atoms in total. The van der Waals surface area contributed by atoms with Crippen LogP contribution in [0, 0.1) is 27.7 Å². The van der Waals surface area contributed by atoms with Gasteiger partial charge in [-0.25, -0.2) is 0 Å². The number of carbonyl (C=O) groups excluding carboxylic acids is 3. The lowest BCUT2D eigenvalue weighted by molar-refractivity contribution is -0.122. The molecule has 0 radical (unpaired) electrons. The molecule has 0 bridgehead atoms. The van der Waals surface area contributed by atoms with E-state index in [0.29, 0.717) is 11.3 Å². The average molecular weight is 609 g/mol. The van der Waals surface area contributed by atoms with Crippen LogP contribution in [0.3, 0.4) is 0 Å². The molecule has 2 N–H and O–H groups in total. The van der Waals surface area contributed by atoms with E-state index in [1.54, 1.807) is 17.4 Å². The first-order valence-electron chi connectivity index (χ1n) is 14.3. The lowest BCUT2D eigenvalue weighted by Crippen LogP contribution is -2.54. The van der Waals surface area contributed by atoms with Crippen molar-refractivity contribution in [3.05, 3.63) is 104 Å². The zero-order valence-corrected chi connectivity index (χ0v) is 26.2. The van der Waals surface area contributed by atoms with Crippen molar-refractivity contribution in [1.29, 1.82) is 0 Å². The molecular weight excluding hydrogens is 577 g/mol. The Hall–Kier alpha value is -4.34. The van der Waals surface area contributed by atoms with E-state index in [1.807, 2.05) is 82.3 Å². The summed E-state index contributed by atoms with van der Waals surface area (Å²) in [4.78, 5) is 43.2. The minimum Gasteiger partial charge on any atom is -0.322 e. The van der Waals surface area contributed by atoms with Crippen LogP contribution in [0.2, 0.25) is 0 Å². The van der Waals surface area contributed by atoms with E-state index >= 15 is 0 Å². The van der Waals surface area contributed by atoms with Crippen LogP contribution in [0.15, 0.2) is 60.2 Å². The molecule has 2 aromatic carbocycles. The number of benzene rings is 2. The van der Waals surface area contributed by atoms with Crippen LogP contribution in [0.25, 0.3) is 11.1 Å². The minimum absolute atomic E-state index is 0.000488. The molecule has 4 aromatic rings. The summed E-state index contributed by atoms with van der Waals surface area (Å²) in [6.45, 7) is 7.84. The van der Waals surface area contributed by atoms with E-state index in [0.717, 1.165) is 70.0 Å². The average Bonchev–Trinajstić information content (AvgIpc) is 3.46. The van der Waals surface area contributed by atoms with Gasteiger partial charge in [-0.05, 0) is 124 Å². The Morgan fingerprint density at radius 2 is 1.67 bits per heavy atom. The molecule has 1 saturated heterocycles. The number of thiophene rings is 1. The summed E-state index contributed by atoms with van der Waals surface area (Å²) in [6.07, 6.45) is 5.59. The first kappa shape index (κ1) is 28.8.